The first-order valence-electron chi connectivity index (χ1n) is 6.66. The number of nitrogens with zero attached hydrogens (tertiary/aromatic N) is 2. The van der Waals surface area contributed by atoms with Crippen LogP contribution in [0.4, 0.5) is 4.39 Å². The average Bonchev–Trinajstić information content (AvgIpc) is 2.52. The Morgan fingerprint density at radius 3 is 2.70 bits per heavy atom. The first kappa shape index (κ1) is 17.0. The Bertz CT molecular complexity index is 840. The van der Waals surface area contributed by atoms with Gasteiger partial charge in [-0.25, -0.2) is 22.3 Å². The molecule has 0 spiro atoms. The molecule has 0 aliphatic heterocycles. The molecule has 0 fully saturated rings. The van der Waals surface area contributed by atoms with E-state index in [-0.39, 0.29) is 17.0 Å². The van der Waals surface area contributed by atoms with Crippen LogP contribution in [0.25, 0.3) is 0 Å². The van der Waals surface area contributed by atoms with Gasteiger partial charge in [-0.05, 0) is 24.6 Å². The number of aryl methyl sites for hydroxylation is 1. The number of hydrogen-bond acceptors (Lipinski definition) is 5. The Labute approximate surface area is 132 Å². The monoisotopic (exact) mass is 339 g/mol. The van der Waals surface area contributed by atoms with E-state index in [1.807, 2.05) is 0 Å². The lowest BCUT2D eigenvalue weighted by molar-refractivity contribution is 0.0695. The Kier molecular flexibility index (Phi) is 5.02. The van der Waals surface area contributed by atoms with Crippen molar-refractivity contribution in [3.8, 4) is 0 Å². The molecule has 2 aromatic heterocycles. The molecule has 7 nitrogen and oxygen atoms in total. The van der Waals surface area contributed by atoms with Crippen LogP contribution in [0, 0.1) is 5.82 Å². The Morgan fingerprint density at radius 2 is 2.09 bits per heavy atom. The number of rotatable bonds is 6. The van der Waals surface area contributed by atoms with Crippen LogP contribution in [0.2, 0.25) is 0 Å². The van der Waals surface area contributed by atoms with Gasteiger partial charge in [0.1, 0.15) is 10.7 Å². The van der Waals surface area contributed by atoms with E-state index >= 15 is 0 Å². The summed E-state index contributed by atoms with van der Waals surface area (Å²) in [6, 6.07) is 3.66. The summed E-state index contributed by atoms with van der Waals surface area (Å²) in [7, 11) is -3.94. The van der Waals surface area contributed by atoms with Crippen molar-refractivity contribution in [1.82, 2.24) is 14.7 Å². The molecule has 0 amide bonds. The molecule has 2 aromatic rings. The van der Waals surface area contributed by atoms with Gasteiger partial charge in [0.05, 0.1) is 29.7 Å². The fourth-order valence-electron chi connectivity index (χ4n) is 1.90. The molecule has 0 saturated heterocycles. The minimum Gasteiger partial charge on any atom is -0.478 e. The van der Waals surface area contributed by atoms with Crippen molar-refractivity contribution in [2.24, 2.45) is 0 Å². The Balaban J connectivity index is 2.19. The molecule has 0 aliphatic carbocycles. The van der Waals surface area contributed by atoms with Crippen LogP contribution in [0.1, 0.15) is 28.7 Å². The zero-order valence-corrected chi connectivity index (χ0v) is 13.0. The molecule has 0 aliphatic rings. The van der Waals surface area contributed by atoms with E-state index < -0.39 is 21.8 Å². The lowest BCUT2D eigenvalue weighted by Crippen LogP contribution is -2.24. The molecule has 0 bridgehead atoms. The number of sulfonamides is 1. The quantitative estimate of drug-likeness (QED) is 0.822. The number of aromatic carboxylic acids is 1. The van der Waals surface area contributed by atoms with Crippen LogP contribution < -0.4 is 4.72 Å². The molecular weight excluding hydrogens is 325 g/mol. The molecule has 0 saturated carbocycles. The summed E-state index contributed by atoms with van der Waals surface area (Å²) in [5.74, 6) is -1.85. The summed E-state index contributed by atoms with van der Waals surface area (Å²) >= 11 is 0. The van der Waals surface area contributed by atoms with Crippen molar-refractivity contribution < 1.29 is 22.7 Å². The second-order valence-corrected chi connectivity index (χ2v) is 6.39. The van der Waals surface area contributed by atoms with Gasteiger partial charge >= 0.3 is 5.97 Å². The van der Waals surface area contributed by atoms with Gasteiger partial charge in [-0.2, -0.15) is 0 Å². The summed E-state index contributed by atoms with van der Waals surface area (Å²) in [6.45, 7) is 1.60. The normalized spacial score (nSPS) is 11.4. The molecule has 9 heteroatoms. The zero-order chi connectivity index (χ0) is 17.0. The number of halogens is 1. The van der Waals surface area contributed by atoms with Crippen LogP contribution in [0.3, 0.4) is 0 Å². The highest BCUT2D eigenvalue weighted by Crippen LogP contribution is 2.12. The summed E-state index contributed by atoms with van der Waals surface area (Å²) in [5.41, 5.74) is 0.801. The lowest BCUT2D eigenvalue weighted by Gasteiger charge is -2.08. The van der Waals surface area contributed by atoms with Crippen LogP contribution in [-0.2, 0) is 23.0 Å². The lowest BCUT2D eigenvalue weighted by atomic mass is 10.1. The number of carboxylic acid groups (broad SMARTS) is 1. The third kappa shape index (κ3) is 4.08. The second-order valence-electron chi connectivity index (χ2n) is 4.62. The predicted octanol–water partition coefficient (Wildman–Crippen LogP) is 1.35. The second kappa shape index (κ2) is 6.80. The SMILES string of the molecule is CCc1nc(CNS(=O)(=O)c2cncc(F)c2)ccc1C(=O)O. The molecule has 0 aromatic carbocycles. The van der Waals surface area contributed by atoms with Gasteiger partial charge in [0.25, 0.3) is 0 Å². The number of carbonyl (C=O) groups is 1. The molecular formula is C14H14FN3O4S. The predicted molar refractivity (Wildman–Crippen MR) is 78.8 cm³/mol. The molecule has 23 heavy (non-hydrogen) atoms. The molecule has 0 radical (unpaired) electrons. The van der Waals surface area contributed by atoms with Crippen molar-refractivity contribution in [3.05, 3.63) is 53.4 Å². The fraction of sp³-hybridized carbons (Fsp3) is 0.214. The third-order valence-electron chi connectivity index (χ3n) is 3.03. The topological polar surface area (TPSA) is 109 Å². The van der Waals surface area contributed by atoms with E-state index in [1.54, 1.807) is 6.92 Å². The minimum atomic E-state index is -3.94. The van der Waals surface area contributed by atoms with Crippen molar-refractivity contribution in [1.29, 1.82) is 0 Å². The maximum atomic E-state index is 13.1. The van der Waals surface area contributed by atoms with Crippen molar-refractivity contribution >= 4 is 16.0 Å². The first-order chi connectivity index (χ1) is 10.8. The molecule has 2 rings (SSSR count). The van der Waals surface area contributed by atoms with Gasteiger partial charge in [-0.1, -0.05) is 6.92 Å². The van der Waals surface area contributed by atoms with Gasteiger partial charge in [0.2, 0.25) is 10.0 Å². The van der Waals surface area contributed by atoms with E-state index in [2.05, 4.69) is 14.7 Å². The van der Waals surface area contributed by atoms with Crippen LogP contribution in [0.15, 0.2) is 35.5 Å². The zero-order valence-electron chi connectivity index (χ0n) is 12.2. The van der Waals surface area contributed by atoms with Crippen LogP contribution in [0.5, 0.6) is 0 Å². The number of carboxylic acids is 1. The maximum absolute atomic E-state index is 13.1. The number of hydrogen-bond donors (Lipinski definition) is 2. The highest BCUT2D eigenvalue weighted by atomic mass is 32.2. The van der Waals surface area contributed by atoms with Gasteiger partial charge in [0, 0.05) is 6.20 Å². The fourth-order valence-corrected chi connectivity index (χ4v) is 2.87. The van der Waals surface area contributed by atoms with Gasteiger partial charge in [0.15, 0.2) is 0 Å². The molecule has 122 valence electrons. The Morgan fingerprint density at radius 1 is 1.35 bits per heavy atom. The largest absolute Gasteiger partial charge is 0.478 e. The van der Waals surface area contributed by atoms with Crippen molar-refractivity contribution in [2.45, 2.75) is 24.8 Å². The molecule has 0 atom stereocenters. The van der Waals surface area contributed by atoms with Crippen LogP contribution in [-0.4, -0.2) is 29.5 Å². The summed E-state index contributed by atoms with van der Waals surface area (Å²) < 4.78 is 39.4. The highest BCUT2D eigenvalue weighted by Gasteiger charge is 2.16. The average molecular weight is 339 g/mol. The smallest absolute Gasteiger partial charge is 0.337 e. The van der Waals surface area contributed by atoms with E-state index in [0.29, 0.717) is 17.8 Å². The molecule has 2 N–H and O–H groups in total. The standard InChI is InChI=1S/C14H14FN3O4S/c1-2-13-12(14(19)20)4-3-10(18-13)7-17-23(21,22)11-5-9(15)6-16-8-11/h3-6,8,17H,2,7H2,1H3,(H,19,20). The number of aromatic nitrogens is 2. The summed E-state index contributed by atoms with van der Waals surface area (Å²) in [4.78, 5) is 18.4. The van der Waals surface area contributed by atoms with Gasteiger partial charge in [-0.15, -0.1) is 0 Å². The Hall–Kier alpha value is -2.39. The van der Waals surface area contributed by atoms with Gasteiger partial charge < -0.3 is 5.11 Å². The molecule has 0 unspecified atom stereocenters. The van der Waals surface area contributed by atoms with Crippen molar-refractivity contribution in [2.75, 3.05) is 0 Å². The number of pyridine rings is 2. The van der Waals surface area contributed by atoms with E-state index in [0.717, 1.165) is 18.5 Å². The van der Waals surface area contributed by atoms with E-state index in [9.17, 15) is 17.6 Å². The third-order valence-corrected chi connectivity index (χ3v) is 4.40. The summed E-state index contributed by atoms with van der Waals surface area (Å²) in [6.07, 6.45) is 2.33. The maximum Gasteiger partial charge on any atom is 0.337 e. The first-order valence-corrected chi connectivity index (χ1v) is 8.14. The summed E-state index contributed by atoms with van der Waals surface area (Å²) in [5, 5.41) is 9.03. The van der Waals surface area contributed by atoms with Crippen LogP contribution >= 0.6 is 0 Å². The molecule has 2 heterocycles. The van der Waals surface area contributed by atoms with E-state index in [1.165, 1.54) is 12.1 Å². The number of nitrogens with one attached hydrogen (secondary N) is 1. The highest BCUT2D eigenvalue weighted by molar-refractivity contribution is 7.89. The van der Waals surface area contributed by atoms with Crippen molar-refractivity contribution in [3.63, 3.8) is 0 Å². The van der Waals surface area contributed by atoms with E-state index in [4.69, 9.17) is 5.11 Å². The minimum absolute atomic E-state index is 0.0773. The van der Waals surface area contributed by atoms with Gasteiger partial charge in [-0.3, -0.25) is 9.97 Å².